The van der Waals surface area contributed by atoms with Crippen LogP contribution in [-0.4, -0.2) is 26.3 Å². The molecule has 0 saturated carbocycles. The second kappa shape index (κ2) is 4.41. The van der Waals surface area contributed by atoms with E-state index in [-0.39, 0.29) is 6.04 Å². The molecule has 3 rings (SSSR count). The van der Waals surface area contributed by atoms with Crippen LogP contribution in [0.2, 0.25) is 0 Å². The predicted molar refractivity (Wildman–Crippen MR) is 69.8 cm³/mol. The minimum Gasteiger partial charge on any atom is -0.396 e. The Kier molecular flexibility index (Phi) is 2.76. The van der Waals surface area contributed by atoms with E-state index in [4.69, 9.17) is 5.73 Å². The molecular weight excluding hydrogens is 232 g/mol. The van der Waals surface area contributed by atoms with Crippen molar-refractivity contribution in [3.8, 4) is 0 Å². The van der Waals surface area contributed by atoms with Crippen molar-refractivity contribution in [3.63, 3.8) is 0 Å². The van der Waals surface area contributed by atoms with E-state index >= 15 is 0 Å². The van der Waals surface area contributed by atoms with Crippen LogP contribution in [0.25, 0.3) is 0 Å². The molecule has 88 valence electrons. The lowest BCUT2D eigenvalue weighted by atomic mass is 9.96. The number of rotatable bonds is 3. The standard InChI is InChI=1S/C12H14N4S/c13-11-5-15-16(6-11)12(10-7-17-8-10)9-2-1-3-14-4-9/h1-6,10,12H,7-8,13H2. The molecule has 0 spiro atoms. The van der Waals surface area contributed by atoms with Crippen molar-refractivity contribution < 1.29 is 0 Å². The van der Waals surface area contributed by atoms with Crippen LogP contribution in [-0.2, 0) is 0 Å². The van der Waals surface area contributed by atoms with E-state index < -0.39 is 0 Å². The summed E-state index contributed by atoms with van der Waals surface area (Å²) in [6.45, 7) is 0. The topological polar surface area (TPSA) is 56.7 Å². The van der Waals surface area contributed by atoms with Crippen LogP contribution in [0.1, 0.15) is 11.6 Å². The Balaban J connectivity index is 1.97. The lowest BCUT2D eigenvalue weighted by molar-refractivity contribution is 0.398. The lowest BCUT2D eigenvalue weighted by Crippen LogP contribution is -2.31. The molecule has 2 aromatic rings. The normalized spacial score (nSPS) is 17.6. The van der Waals surface area contributed by atoms with Gasteiger partial charge in [-0.25, -0.2) is 0 Å². The van der Waals surface area contributed by atoms with Crippen LogP contribution in [0.5, 0.6) is 0 Å². The summed E-state index contributed by atoms with van der Waals surface area (Å²) in [4.78, 5) is 4.20. The van der Waals surface area contributed by atoms with Gasteiger partial charge in [-0.05, 0) is 23.1 Å². The molecule has 2 N–H and O–H groups in total. The molecular formula is C12H14N4S. The van der Waals surface area contributed by atoms with E-state index in [0.29, 0.717) is 11.6 Å². The van der Waals surface area contributed by atoms with Crippen molar-refractivity contribution in [2.45, 2.75) is 6.04 Å². The Morgan fingerprint density at radius 2 is 2.29 bits per heavy atom. The zero-order chi connectivity index (χ0) is 11.7. The summed E-state index contributed by atoms with van der Waals surface area (Å²) in [6.07, 6.45) is 7.33. The van der Waals surface area contributed by atoms with E-state index in [1.807, 2.05) is 34.9 Å². The number of thioether (sulfide) groups is 1. The molecule has 5 heteroatoms. The lowest BCUT2D eigenvalue weighted by Gasteiger charge is -2.33. The summed E-state index contributed by atoms with van der Waals surface area (Å²) in [6, 6.07) is 4.35. The van der Waals surface area contributed by atoms with Gasteiger partial charge in [-0.3, -0.25) is 9.67 Å². The fourth-order valence-corrected chi connectivity index (χ4v) is 3.01. The molecule has 0 aromatic carbocycles. The van der Waals surface area contributed by atoms with Gasteiger partial charge in [0.2, 0.25) is 0 Å². The third-order valence-electron chi connectivity index (χ3n) is 3.04. The zero-order valence-corrected chi connectivity index (χ0v) is 10.2. The molecule has 3 heterocycles. The molecule has 17 heavy (non-hydrogen) atoms. The highest BCUT2D eigenvalue weighted by Crippen LogP contribution is 2.37. The van der Waals surface area contributed by atoms with Crippen LogP contribution in [0.15, 0.2) is 36.9 Å². The molecule has 0 amide bonds. The van der Waals surface area contributed by atoms with Crippen LogP contribution in [0.3, 0.4) is 0 Å². The van der Waals surface area contributed by atoms with Gasteiger partial charge in [0, 0.05) is 24.5 Å². The number of hydrogen-bond donors (Lipinski definition) is 1. The Labute approximate surface area is 104 Å². The van der Waals surface area contributed by atoms with Gasteiger partial charge in [-0.15, -0.1) is 0 Å². The number of anilines is 1. The molecule has 0 bridgehead atoms. The van der Waals surface area contributed by atoms with E-state index in [9.17, 15) is 0 Å². The maximum Gasteiger partial charge on any atom is 0.0828 e. The van der Waals surface area contributed by atoms with Gasteiger partial charge in [0.1, 0.15) is 0 Å². The summed E-state index contributed by atoms with van der Waals surface area (Å²) in [5.41, 5.74) is 7.67. The van der Waals surface area contributed by atoms with Crippen LogP contribution in [0.4, 0.5) is 5.69 Å². The first kappa shape index (κ1) is 10.7. The van der Waals surface area contributed by atoms with Crippen molar-refractivity contribution in [1.82, 2.24) is 14.8 Å². The summed E-state index contributed by atoms with van der Waals surface area (Å²) >= 11 is 1.98. The van der Waals surface area contributed by atoms with Crippen molar-refractivity contribution in [3.05, 3.63) is 42.5 Å². The zero-order valence-electron chi connectivity index (χ0n) is 9.36. The van der Waals surface area contributed by atoms with Crippen molar-refractivity contribution in [2.75, 3.05) is 17.2 Å². The molecule has 1 atom stereocenters. The molecule has 1 aliphatic heterocycles. The average Bonchev–Trinajstić information content (AvgIpc) is 2.71. The highest BCUT2D eigenvalue weighted by atomic mass is 32.2. The third-order valence-corrected chi connectivity index (χ3v) is 4.37. The summed E-state index contributed by atoms with van der Waals surface area (Å²) in [7, 11) is 0. The van der Waals surface area contributed by atoms with Crippen molar-refractivity contribution in [1.29, 1.82) is 0 Å². The number of hydrogen-bond acceptors (Lipinski definition) is 4. The highest BCUT2D eigenvalue weighted by Gasteiger charge is 2.31. The van der Waals surface area contributed by atoms with Gasteiger partial charge in [0.25, 0.3) is 0 Å². The molecule has 1 saturated heterocycles. The van der Waals surface area contributed by atoms with E-state index in [0.717, 1.165) is 0 Å². The number of nitrogens with two attached hydrogens (primary N) is 1. The molecule has 1 aliphatic rings. The Hall–Kier alpha value is -1.49. The van der Waals surface area contributed by atoms with Crippen molar-refractivity contribution in [2.24, 2.45) is 5.92 Å². The van der Waals surface area contributed by atoms with E-state index in [2.05, 4.69) is 16.1 Å². The van der Waals surface area contributed by atoms with Gasteiger partial charge < -0.3 is 5.73 Å². The molecule has 1 unspecified atom stereocenters. The van der Waals surface area contributed by atoms with Crippen molar-refractivity contribution >= 4 is 17.4 Å². The predicted octanol–water partition coefficient (Wildman–Crippen LogP) is 1.81. The molecule has 0 radical (unpaired) electrons. The fourth-order valence-electron chi connectivity index (χ4n) is 2.13. The van der Waals surface area contributed by atoms with E-state index in [1.165, 1.54) is 17.1 Å². The average molecular weight is 246 g/mol. The minimum absolute atomic E-state index is 0.266. The maximum absolute atomic E-state index is 5.75. The smallest absolute Gasteiger partial charge is 0.0828 e. The number of aromatic nitrogens is 3. The van der Waals surface area contributed by atoms with Gasteiger partial charge in [-0.1, -0.05) is 6.07 Å². The third kappa shape index (κ3) is 2.02. The number of pyridine rings is 1. The Bertz CT molecular complexity index is 492. The minimum atomic E-state index is 0.266. The second-order valence-electron chi connectivity index (χ2n) is 4.28. The van der Waals surface area contributed by atoms with Crippen LogP contribution >= 0.6 is 11.8 Å². The van der Waals surface area contributed by atoms with Gasteiger partial charge >= 0.3 is 0 Å². The monoisotopic (exact) mass is 246 g/mol. The van der Waals surface area contributed by atoms with Gasteiger partial charge in [-0.2, -0.15) is 16.9 Å². The largest absolute Gasteiger partial charge is 0.396 e. The summed E-state index contributed by atoms with van der Waals surface area (Å²) < 4.78 is 1.97. The quantitative estimate of drug-likeness (QED) is 0.897. The molecule has 1 fully saturated rings. The first-order chi connectivity index (χ1) is 8.34. The fraction of sp³-hybridized carbons (Fsp3) is 0.333. The van der Waals surface area contributed by atoms with Crippen LogP contribution < -0.4 is 5.73 Å². The van der Waals surface area contributed by atoms with Gasteiger partial charge in [0.15, 0.2) is 0 Å². The van der Waals surface area contributed by atoms with Crippen LogP contribution in [0, 0.1) is 5.92 Å². The van der Waals surface area contributed by atoms with E-state index in [1.54, 1.807) is 12.4 Å². The molecule has 4 nitrogen and oxygen atoms in total. The Morgan fingerprint density at radius 3 is 2.82 bits per heavy atom. The summed E-state index contributed by atoms with van der Waals surface area (Å²) in [5.74, 6) is 2.99. The summed E-state index contributed by atoms with van der Waals surface area (Å²) in [5, 5.41) is 4.35. The number of nitrogen functional groups attached to an aromatic ring is 1. The first-order valence-corrected chi connectivity index (χ1v) is 6.77. The molecule has 0 aliphatic carbocycles. The SMILES string of the molecule is Nc1cnn(C(c2cccnc2)C2CSC2)c1. The maximum atomic E-state index is 5.75. The number of nitrogens with zero attached hydrogens (tertiary/aromatic N) is 3. The highest BCUT2D eigenvalue weighted by molar-refractivity contribution is 8.00. The first-order valence-electron chi connectivity index (χ1n) is 5.62. The Morgan fingerprint density at radius 1 is 1.41 bits per heavy atom. The molecule has 2 aromatic heterocycles. The second-order valence-corrected chi connectivity index (χ2v) is 5.36. The van der Waals surface area contributed by atoms with Gasteiger partial charge in [0.05, 0.1) is 17.9 Å².